The molecule has 0 saturated heterocycles. The fraction of sp³-hybridized carbons (Fsp3) is 0.576. The van der Waals surface area contributed by atoms with E-state index in [4.69, 9.17) is 18.7 Å². The standard InChI is InChI=1S/C33H49F2N3O7S.ClH/c1-5-9-28(10-6-2)44-45-46-22-30(38-33(41)43-14-13-42-4)32(40)37-29(18-25-16-26(34)19-27(35)17-25)31(39)21-36-20-24-12-8-11-23(7-3)15-24;/h8,11-12,15-17,19,28-31,36,39H,5-7,9-10,13-14,18,20-22H2,1-4H3,(H,37,40)(H,38,41);1H/t29-,30?,31+;/m0./s1. The van der Waals surface area contributed by atoms with Gasteiger partial charge in [-0.1, -0.05) is 57.9 Å². The van der Waals surface area contributed by atoms with Crippen LogP contribution in [0.2, 0.25) is 0 Å². The Morgan fingerprint density at radius 1 is 0.936 bits per heavy atom. The van der Waals surface area contributed by atoms with Gasteiger partial charge >= 0.3 is 6.09 Å². The summed E-state index contributed by atoms with van der Waals surface area (Å²) < 4.78 is 43.3. The average Bonchev–Trinajstić information content (AvgIpc) is 3.02. The number of halogens is 3. The molecule has 0 bridgehead atoms. The van der Waals surface area contributed by atoms with Crippen molar-refractivity contribution >= 4 is 36.5 Å². The number of carbonyl (C=O) groups excluding carboxylic acids is 2. The average molecular weight is 706 g/mol. The van der Waals surface area contributed by atoms with Crippen LogP contribution in [0.25, 0.3) is 0 Å². The van der Waals surface area contributed by atoms with Gasteiger partial charge in [-0.2, -0.15) is 4.33 Å². The topological polar surface area (TPSA) is 127 Å². The lowest BCUT2D eigenvalue weighted by Crippen LogP contribution is -2.55. The second kappa shape index (κ2) is 24.6. The van der Waals surface area contributed by atoms with Crippen LogP contribution >= 0.6 is 24.4 Å². The van der Waals surface area contributed by atoms with Crippen LogP contribution < -0.4 is 16.0 Å². The number of carbonyl (C=O) groups is 2. The molecule has 1 unspecified atom stereocenters. The summed E-state index contributed by atoms with van der Waals surface area (Å²) in [5.74, 6) is -2.27. The summed E-state index contributed by atoms with van der Waals surface area (Å²) >= 11 is 0.846. The Balaban J connectivity index is 0.0000110. The number of rotatable bonds is 23. The van der Waals surface area contributed by atoms with E-state index in [1.807, 2.05) is 32.0 Å². The second-order valence-corrected chi connectivity index (χ2v) is 11.6. The molecule has 0 saturated carbocycles. The number of amides is 2. The number of ether oxygens (including phenoxy) is 2. The predicted octanol–water partition coefficient (Wildman–Crippen LogP) is 5.43. The van der Waals surface area contributed by atoms with E-state index in [-0.39, 0.29) is 56.0 Å². The van der Waals surface area contributed by atoms with Crippen LogP contribution in [0.1, 0.15) is 63.1 Å². The van der Waals surface area contributed by atoms with Gasteiger partial charge in [0.1, 0.15) is 24.3 Å². The maximum atomic E-state index is 14.0. The lowest BCUT2D eigenvalue weighted by atomic mass is 10.00. The number of hydrogen-bond acceptors (Lipinski definition) is 9. The van der Waals surface area contributed by atoms with E-state index in [0.717, 1.165) is 67.9 Å². The van der Waals surface area contributed by atoms with E-state index in [1.54, 1.807) is 0 Å². The molecular formula is C33H50ClF2N3O7S. The fourth-order valence-electron chi connectivity index (χ4n) is 4.66. The van der Waals surface area contributed by atoms with Crippen molar-refractivity contribution in [3.63, 3.8) is 0 Å². The van der Waals surface area contributed by atoms with Crippen molar-refractivity contribution < 1.29 is 42.2 Å². The number of aliphatic hydroxyl groups is 1. The molecule has 2 aromatic carbocycles. The first-order chi connectivity index (χ1) is 22.2. The molecule has 2 rings (SSSR count). The van der Waals surface area contributed by atoms with E-state index in [9.17, 15) is 23.5 Å². The number of hydrogen-bond donors (Lipinski definition) is 4. The summed E-state index contributed by atoms with van der Waals surface area (Å²) in [4.78, 5) is 31.5. The van der Waals surface area contributed by atoms with Gasteiger partial charge in [0.15, 0.2) is 0 Å². The minimum absolute atomic E-state index is 0. The zero-order valence-corrected chi connectivity index (χ0v) is 29.2. The fourth-order valence-corrected chi connectivity index (χ4v) is 5.26. The van der Waals surface area contributed by atoms with Crippen molar-refractivity contribution in [2.75, 3.05) is 32.6 Å². The lowest BCUT2D eigenvalue weighted by Gasteiger charge is -2.27. The lowest BCUT2D eigenvalue weighted by molar-refractivity contribution is -0.234. The molecule has 0 aliphatic carbocycles. The van der Waals surface area contributed by atoms with Gasteiger partial charge < -0.3 is 30.5 Å². The van der Waals surface area contributed by atoms with Crippen LogP contribution in [-0.2, 0) is 42.9 Å². The second-order valence-electron chi connectivity index (χ2n) is 10.9. The quantitative estimate of drug-likeness (QED) is 0.0518. The highest BCUT2D eigenvalue weighted by Crippen LogP contribution is 2.16. The third-order valence-electron chi connectivity index (χ3n) is 7.06. The summed E-state index contributed by atoms with van der Waals surface area (Å²) in [7, 11) is 1.46. The molecule has 0 spiro atoms. The van der Waals surface area contributed by atoms with Gasteiger partial charge in [-0.05, 0) is 54.5 Å². The van der Waals surface area contributed by atoms with Crippen molar-refractivity contribution in [3.8, 4) is 0 Å². The summed E-state index contributed by atoms with van der Waals surface area (Å²) in [6.07, 6.45) is 2.13. The van der Waals surface area contributed by atoms with Gasteiger partial charge in [0, 0.05) is 38.3 Å². The number of alkyl carbamates (subject to hydrolysis) is 1. The molecule has 0 heterocycles. The van der Waals surface area contributed by atoms with Gasteiger partial charge in [0.2, 0.25) is 5.91 Å². The van der Waals surface area contributed by atoms with Gasteiger partial charge in [-0.15, -0.1) is 12.4 Å². The Hall–Kier alpha value is -2.52. The molecule has 2 amide bonds. The Kier molecular flexibility index (Phi) is 22.2. The summed E-state index contributed by atoms with van der Waals surface area (Å²) in [5.41, 5.74) is 2.44. The Labute approximate surface area is 287 Å². The maximum absolute atomic E-state index is 14.0. The summed E-state index contributed by atoms with van der Waals surface area (Å²) in [6, 6.07) is 8.92. The van der Waals surface area contributed by atoms with Crippen LogP contribution in [0.4, 0.5) is 13.6 Å². The third-order valence-corrected chi connectivity index (χ3v) is 7.71. The van der Waals surface area contributed by atoms with Gasteiger partial charge in [-0.3, -0.25) is 4.79 Å². The van der Waals surface area contributed by atoms with Crippen LogP contribution in [0.3, 0.4) is 0 Å². The highest BCUT2D eigenvalue weighted by Gasteiger charge is 2.28. The summed E-state index contributed by atoms with van der Waals surface area (Å²) in [5, 5.41) is 19.6. The zero-order valence-electron chi connectivity index (χ0n) is 27.6. The van der Waals surface area contributed by atoms with Crippen molar-refractivity contribution in [2.45, 2.75) is 90.1 Å². The predicted molar refractivity (Wildman–Crippen MR) is 181 cm³/mol. The van der Waals surface area contributed by atoms with Crippen molar-refractivity contribution in [1.82, 2.24) is 16.0 Å². The SMILES string of the molecule is CCCC(CCC)OOSCC(NC(=O)OCCOC)C(=O)N[C@@H](Cc1cc(F)cc(F)c1)[C@H](O)CNCc1cccc(CC)c1.Cl. The minimum Gasteiger partial charge on any atom is -0.447 e. The van der Waals surface area contributed by atoms with E-state index in [1.165, 1.54) is 12.7 Å². The van der Waals surface area contributed by atoms with E-state index < -0.39 is 41.8 Å². The normalized spacial score (nSPS) is 13.0. The molecule has 0 aromatic heterocycles. The minimum atomic E-state index is -1.16. The third kappa shape index (κ3) is 17.4. The van der Waals surface area contributed by atoms with E-state index in [2.05, 4.69) is 28.9 Å². The summed E-state index contributed by atoms with van der Waals surface area (Å²) in [6.45, 7) is 6.81. The van der Waals surface area contributed by atoms with Gasteiger partial charge in [0.05, 0.1) is 30.6 Å². The Morgan fingerprint density at radius 2 is 1.62 bits per heavy atom. The molecule has 0 aliphatic heterocycles. The first-order valence-corrected chi connectivity index (χ1v) is 16.7. The Bertz CT molecular complexity index is 1160. The number of nitrogens with one attached hydrogen (secondary N) is 3. The number of aliphatic hydroxyl groups excluding tert-OH is 1. The van der Waals surface area contributed by atoms with Crippen molar-refractivity contribution in [2.24, 2.45) is 0 Å². The molecular weight excluding hydrogens is 656 g/mol. The molecule has 3 atom stereocenters. The highest BCUT2D eigenvalue weighted by molar-refractivity contribution is 7.94. The monoisotopic (exact) mass is 705 g/mol. The van der Waals surface area contributed by atoms with Gasteiger partial charge in [0.25, 0.3) is 0 Å². The molecule has 14 heteroatoms. The number of aryl methyl sites for hydroxylation is 1. The molecule has 0 radical (unpaired) electrons. The Morgan fingerprint density at radius 3 is 2.26 bits per heavy atom. The van der Waals surface area contributed by atoms with Gasteiger partial charge in [-0.25, -0.2) is 18.5 Å². The zero-order chi connectivity index (χ0) is 33.7. The van der Waals surface area contributed by atoms with Crippen molar-refractivity contribution in [3.05, 3.63) is 70.8 Å². The molecule has 0 aliphatic rings. The molecule has 2 aromatic rings. The van der Waals surface area contributed by atoms with Crippen molar-refractivity contribution in [1.29, 1.82) is 0 Å². The smallest absolute Gasteiger partial charge is 0.407 e. The van der Waals surface area contributed by atoms with Crippen LogP contribution in [0.5, 0.6) is 0 Å². The molecule has 4 N–H and O–H groups in total. The molecule has 47 heavy (non-hydrogen) atoms. The van der Waals surface area contributed by atoms with Crippen LogP contribution in [0, 0.1) is 11.6 Å². The largest absolute Gasteiger partial charge is 0.447 e. The molecule has 0 fully saturated rings. The molecule has 10 nitrogen and oxygen atoms in total. The van der Waals surface area contributed by atoms with Crippen LogP contribution in [0.15, 0.2) is 42.5 Å². The van der Waals surface area contributed by atoms with E-state index >= 15 is 0 Å². The highest BCUT2D eigenvalue weighted by atomic mass is 35.5. The number of benzene rings is 2. The number of methoxy groups -OCH3 is 1. The van der Waals surface area contributed by atoms with Crippen LogP contribution in [-0.4, -0.2) is 74.0 Å². The van der Waals surface area contributed by atoms with E-state index in [0.29, 0.717) is 6.54 Å². The first-order valence-electron chi connectivity index (χ1n) is 15.8. The molecule has 266 valence electrons. The first kappa shape index (κ1) is 42.5. The maximum Gasteiger partial charge on any atom is 0.407 e.